The molecule has 1 N–H and O–H groups in total. The Balaban J connectivity index is 1.43. The average molecular weight is 381 g/mol. The van der Waals surface area contributed by atoms with E-state index in [1.807, 2.05) is 17.5 Å². The fraction of sp³-hybridized carbons (Fsp3) is 0.286. The van der Waals surface area contributed by atoms with Gasteiger partial charge in [0.2, 0.25) is 5.91 Å². The van der Waals surface area contributed by atoms with Crippen LogP contribution in [0.25, 0.3) is 10.8 Å². The van der Waals surface area contributed by atoms with Crippen molar-refractivity contribution in [2.24, 2.45) is 0 Å². The third kappa shape index (κ3) is 2.85. The highest BCUT2D eigenvalue weighted by Gasteiger charge is 2.45. The van der Waals surface area contributed by atoms with Crippen molar-refractivity contribution in [1.82, 2.24) is 15.1 Å². The van der Waals surface area contributed by atoms with Gasteiger partial charge in [-0.25, -0.2) is 4.79 Å². The van der Waals surface area contributed by atoms with E-state index >= 15 is 0 Å². The largest absolute Gasteiger partial charge is 0.477 e. The molecule has 2 aliphatic rings. The molecule has 10 heteroatoms. The second kappa shape index (κ2) is 6.26. The Bertz CT molecular complexity index is 817. The minimum Gasteiger partial charge on any atom is -0.477 e. The third-order valence-electron chi connectivity index (χ3n) is 3.57. The summed E-state index contributed by atoms with van der Waals surface area (Å²) in [6.07, 6.45) is 2.02. The van der Waals surface area contributed by atoms with Crippen molar-refractivity contribution in [2.45, 2.75) is 22.3 Å². The molecule has 0 saturated carbocycles. The first-order chi connectivity index (χ1) is 11.6. The monoisotopic (exact) mass is 381 g/mol. The average Bonchev–Trinajstić information content (AvgIpc) is 3.22. The maximum atomic E-state index is 11.6. The summed E-state index contributed by atoms with van der Waals surface area (Å²) in [5.74, 6) is -0.112. The van der Waals surface area contributed by atoms with Gasteiger partial charge in [0.1, 0.15) is 5.70 Å². The van der Waals surface area contributed by atoms with Gasteiger partial charge in [-0.3, -0.25) is 9.69 Å². The summed E-state index contributed by atoms with van der Waals surface area (Å²) in [5, 5.41) is 19.6. The SMILES string of the molecule is O=C(O)C1=CC(CSc2nnc(-c3cccs3)o2)S[C@@H]2CC(=O)N12. The Kier molecular flexibility index (Phi) is 4.10. The molecule has 24 heavy (non-hydrogen) atoms. The summed E-state index contributed by atoms with van der Waals surface area (Å²) >= 11 is 4.50. The van der Waals surface area contributed by atoms with Crippen LogP contribution < -0.4 is 0 Å². The second-order valence-electron chi connectivity index (χ2n) is 5.12. The van der Waals surface area contributed by atoms with Gasteiger partial charge in [-0.05, 0) is 17.5 Å². The van der Waals surface area contributed by atoms with E-state index in [0.717, 1.165) is 4.88 Å². The Morgan fingerprint density at radius 3 is 3.08 bits per heavy atom. The van der Waals surface area contributed by atoms with Crippen molar-refractivity contribution in [2.75, 3.05) is 5.75 Å². The van der Waals surface area contributed by atoms with Gasteiger partial charge in [0.15, 0.2) is 0 Å². The van der Waals surface area contributed by atoms with Crippen molar-refractivity contribution in [3.8, 4) is 10.8 Å². The van der Waals surface area contributed by atoms with Crippen LogP contribution >= 0.6 is 34.9 Å². The number of hydrogen-bond acceptors (Lipinski definition) is 8. The number of aromatic nitrogens is 2. The minimum absolute atomic E-state index is 0.0208. The molecule has 2 aromatic heterocycles. The maximum absolute atomic E-state index is 11.6. The van der Waals surface area contributed by atoms with E-state index in [0.29, 0.717) is 23.3 Å². The van der Waals surface area contributed by atoms with Crippen LogP contribution in [0.5, 0.6) is 0 Å². The Morgan fingerprint density at radius 1 is 1.50 bits per heavy atom. The van der Waals surface area contributed by atoms with E-state index in [2.05, 4.69) is 10.2 Å². The molecule has 0 aromatic carbocycles. The molecule has 1 unspecified atom stereocenters. The summed E-state index contributed by atoms with van der Waals surface area (Å²) < 4.78 is 5.61. The van der Waals surface area contributed by atoms with Crippen LogP contribution in [-0.4, -0.2) is 48.5 Å². The topological polar surface area (TPSA) is 96.5 Å². The van der Waals surface area contributed by atoms with E-state index in [1.165, 1.54) is 28.0 Å². The van der Waals surface area contributed by atoms with Crippen molar-refractivity contribution in [3.05, 3.63) is 29.3 Å². The summed E-state index contributed by atoms with van der Waals surface area (Å²) in [4.78, 5) is 25.1. The lowest BCUT2D eigenvalue weighted by atomic mass is 10.1. The number of thiophene rings is 1. The quantitative estimate of drug-likeness (QED) is 0.623. The van der Waals surface area contributed by atoms with E-state index in [1.54, 1.807) is 17.8 Å². The summed E-state index contributed by atoms with van der Waals surface area (Å²) in [6, 6.07) is 3.83. The number of aliphatic carboxylic acids is 1. The highest BCUT2D eigenvalue weighted by atomic mass is 32.2. The zero-order valence-electron chi connectivity index (χ0n) is 12.1. The highest BCUT2D eigenvalue weighted by molar-refractivity contribution is 8.03. The predicted octanol–water partition coefficient (Wildman–Crippen LogP) is 2.53. The van der Waals surface area contributed by atoms with E-state index in [9.17, 15) is 14.7 Å². The summed E-state index contributed by atoms with van der Waals surface area (Å²) in [7, 11) is 0. The van der Waals surface area contributed by atoms with Crippen LogP contribution in [0.15, 0.2) is 38.9 Å². The van der Waals surface area contributed by atoms with Crippen molar-refractivity contribution < 1.29 is 19.1 Å². The van der Waals surface area contributed by atoms with Crippen molar-refractivity contribution >= 4 is 46.7 Å². The van der Waals surface area contributed by atoms with Gasteiger partial charge in [0.25, 0.3) is 11.1 Å². The molecule has 1 fully saturated rings. The molecule has 2 aliphatic heterocycles. The number of fused-ring (bicyclic) bond motifs is 1. The van der Waals surface area contributed by atoms with Gasteiger partial charge < -0.3 is 9.52 Å². The number of carboxylic acids is 1. The fourth-order valence-corrected chi connectivity index (χ4v) is 5.47. The molecule has 0 aliphatic carbocycles. The van der Waals surface area contributed by atoms with Gasteiger partial charge in [-0.2, -0.15) is 0 Å². The van der Waals surface area contributed by atoms with Crippen LogP contribution in [0, 0.1) is 0 Å². The van der Waals surface area contributed by atoms with Gasteiger partial charge in [0.05, 0.1) is 16.7 Å². The Hall–Kier alpha value is -1.78. The van der Waals surface area contributed by atoms with Crippen molar-refractivity contribution in [1.29, 1.82) is 0 Å². The molecule has 2 atom stereocenters. The Labute approximate surface area is 149 Å². The fourth-order valence-electron chi connectivity index (χ4n) is 2.47. The molecular formula is C14H11N3O4S3. The number of hydrogen-bond donors (Lipinski definition) is 1. The standard InChI is InChI=1S/C14H11N3O4S3/c18-10-5-11-17(10)8(13(19)20)4-7(24-11)6-23-14-16-15-12(21-14)9-2-1-3-22-9/h1-4,7,11H,5-6H2,(H,19,20)/t7?,11-/m1/s1. The van der Waals surface area contributed by atoms with Crippen LogP contribution in [-0.2, 0) is 9.59 Å². The number of amides is 1. The number of nitrogens with zero attached hydrogens (tertiary/aromatic N) is 3. The lowest BCUT2D eigenvalue weighted by Gasteiger charge is -2.44. The van der Waals surface area contributed by atoms with Gasteiger partial charge in [-0.1, -0.05) is 17.8 Å². The number of rotatable bonds is 5. The molecule has 1 saturated heterocycles. The number of thioether (sulfide) groups is 2. The Morgan fingerprint density at radius 2 is 2.38 bits per heavy atom. The first-order valence-electron chi connectivity index (χ1n) is 7.04. The first kappa shape index (κ1) is 15.7. The van der Waals surface area contributed by atoms with Crippen LogP contribution in [0.4, 0.5) is 0 Å². The molecular weight excluding hydrogens is 370 g/mol. The zero-order valence-corrected chi connectivity index (χ0v) is 14.6. The molecule has 4 heterocycles. The lowest BCUT2D eigenvalue weighted by Crippen LogP contribution is -2.54. The smallest absolute Gasteiger partial charge is 0.352 e. The van der Waals surface area contributed by atoms with E-state index in [-0.39, 0.29) is 22.2 Å². The van der Waals surface area contributed by atoms with Crippen LogP contribution in [0.2, 0.25) is 0 Å². The molecule has 1 amide bonds. The lowest BCUT2D eigenvalue weighted by molar-refractivity contribution is -0.146. The minimum atomic E-state index is -1.07. The number of carboxylic acid groups (broad SMARTS) is 1. The van der Waals surface area contributed by atoms with Crippen LogP contribution in [0.3, 0.4) is 0 Å². The van der Waals surface area contributed by atoms with Gasteiger partial charge in [-0.15, -0.1) is 33.3 Å². The molecule has 0 spiro atoms. The van der Waals surface area contributed by atoms with E-state index in [4.69, 9.17) is 4.42 Å². The molecule has 124 valence electrons. The predicted molar refractivity (Wildman–Crippen MR) is 90.7 cm³/mol. The highest BCUT2D eigenvalue weighted by Crippen LogP contribution is 2.42. The number of β-lactam (4-membered cyclic amide) rings is 1. The molecule has 0 bridgehead atoms. The van der Waals surface area contributed by atoms with E-state index < -0.39 is 5.97 Å². The maximum Gasteiger partial charge on any atom is 0.352 e. The summed E-state index contributed by atoms with van der Waals surface area (Å²) in [5.41, 5.74) is 0.0744. The number of carbonyl (C=O) groups excluding carboxylic acids is 1. The van der Waals surface area contributed by atoms with Gasteiger partial charge in [0, 0.05) is 11.0 Å². The summed E-state index contributed by atoms with van der Waals surface area (Å²) in [6.45, 7) is 0. The second-order valence-corrected chi connectivity index (χ2v) is 8.46. The van der Waals surface area contributed by atoms with Crippen molar-refractivity contribution in [3.63, 3.8) is 0 Å². The van der Waals surface area contributed by atoms with Gasteiger partial charge >= 0.3 is 5.97 Å². The molecule has 2 aromatic rings. The third-order valence-corrected chi connectivity index (χ3v) is 6.92. The first-order valence-corrected chi connectivity index (χ1v) is 9.85. The number of carbonyl (C=O) groups is 2. The molecule has 7 nitrogen and oxygen atoms in total. The molecule has 4 rings (SSSR count). The zero-order chi connectivity index (χ0) is 16.7. The van der Waals surface area contributed by atoms with Crippen LogP contribution in [0.1, 0.15) is 6.42 Å². The molecule has 0 radical (unpaired) electrons. The normalized spacial score (nSPS) is 22.8.